The topological polar surface area (TPSA) is 188 Å². The maximum atomic E-state index is 13.0. The molecule has 0 aromatic heterocycles. The van der Waals surface area contributed by atoms with Crippen molar-refractivity contribution < 1.29 is 34.2 Å². The number of carboxylic acids is 2. The van der Waals surface area contributed by atoms with Crippen molar-refractivity contribution >= 4 is 29.7 Å². The van der Waals surface area contributed by atoms with Crippen molar-refractivity contribution in [2.75, 3.05) is 0 Å². The van der Waals surface area contributed by atoms with Gasteiger partial charge in [-0.2, -0.15) is 0 Å². The number of benzene rings is 1. The quantitative estimate of drug-likeness (QED) is 0.228. The summed E-state index contributed by atoms with van der Waals surface area (Å²) < 4.78 is 0. The third kappa shape index (κ3) is 10.1. The van der Waals surface area contributed by atoms with Crippen LogP contribution in [0.2, 0.25) is 0 Å². The van der Waals surface area contributed by atoms with Crippen LogP contribution in [0.15, 0.2) is 30.3 Å². The average Bonchev–Trinajstić information content (AvgIpc) is 2.72. The lowest BCUT2D eigenvalue weighted by molar-refractivity contribution is -0.141. The third-order valence-electron chi connectivity index (χ3n) is 4.72. The zero-order valence-electron chi connectivity index (χ0n) is 18.9. The lowest BCUT2D eigenvalue weighted by Crippen LogP contribution is -2.57. The molecule has 4 atom stereocenters. The van der Waals surface area contributed by atoms with Gasteiger partial charge in [-0.25, -0.2) is 0 Å². The molecule has 1 aromatic carbocycles. The van der Waals surface area contributed by atoms with Gasteiger partial charge in [0.05, 0.1) is 12.5 Å². The van der Waals surface area contributed by atoms with Gasteiger partial charge in [0.2, 0.25) is 17.7 Å². The lowest BCUT2D eigenvalue weighted by Gasteiger charge is -2.25. The van der Waals surface area contributed by atoms with E-state index in [4.69, 9.17) is 15.9 Å². The third-order valence-corrected chi connectivity index (χ3v) is 4.72. The fourth-order valence-corrected chi connectivity index (χ4v) is 2.97. The first kappa shape index (κ1) is 27.6. The predicted octanol–water partition coefficient (Wildman–Crippen LogP) is -0.364. The first-order valence-corrected chi connectivity index (χ1v) is 10.6. The van der Waals surface area contributed by atoms with Crippen molar-refractivity contribution in [1.82, 2.24) is 16.0 Å². The Bertz CT molecular complexity index is 844. The molecule has 0 aliphatic carbocycles. The zero-order valence-corrected chi connectivity index (χ0v) is 18.9. The Morgan fingerprint density at radius 3 is 1.91 bits per heavy atom. The van der Waals surface area contributed by atoms with Gasteiger partial charge in [0.1, 0.15) is 18.1 Å². The minimum atomic E-state index is -1.34. The molecule has 33 heavy (non-hydrogen) atoms. The van der Waals surface area contributed by atoms with Crippen molar-refractivity contribution in [2.45, 2.75) is 64.2 Å². The molecule has 0 heterocycles. The van der Waals surface area contributed by atoms with E-state index >= 15 is 0 Å². The van der Waals surface area contributed by atoms with Gasteiger partial charge < -0.3 is 31.9 Å². The summed E-state index contributed by atoms with van der Waals surface area (Å²) in [5, 5.41) is 25.3. The Hall–Kier alpha value is -3.47. The predicted molar refractivity (Wildman–Crippen MR) is 119 cm³/mol. The van der Waals surface area contributed by atoms with Crippen LogP contribution < -0.4 is 21.7 Å². The molecule has 0 saturated carbocycles. The van der Waals surface area contributed by atoms with E-state index < -0.39 is 60.2 Å². The highest BCUT2D eigenvalue weighted by Crippen LogP contribution is 2.09. The van der Waals surface area contributed by atoms with Gasteiger partial charge in [-0.1, -0.05) is 44.2 Å². The van der Waals surface area contributed by atoms with Crippen LogP contribution in [-0.2, 0) is 30.4 Å². The largest absolute Gasteiger partial charge is 0.481 e. The van der Waals surface area contributed by atoms with Crippen molar-refractivity contribution in [2.24, 2.45) is 11.7 Å². The molecule has 11 heteroatoms. The molecule has 0 spiro atoms. The number of nitrogens with two attached hydrogens (primary N) is 1. The molecule has 0 aliphatic rings. The molecule has 0 aliphatic heterocycles. The van der Waals surface area contributed by atoms with Crippen LogP contribution in [0.1, 0.15) is 39.2 Å². The van der Waals surface area contributed by atoms with Crippen LogP contribution in [0.3, 0.4) is 0 Å². The number of hydrogen-bond donors (Lipinski definition) is 6. The Balaban J connectivity index is 3.04. The van der Waals surface area contributed by atoms with Crippen molar-refractivity contribution in [3.05, 3.63) is 35.9 Å². The maximum absolute atomic E-state index is 13.0. The molecule has 7 N–H and O–H groups in total. The van der Waals surface area contributed by atoms with E-state index in [1.807, 2.05) is 13.8 Å². The van der Waals surface area contributed by atoms with Gasteiger partial charge in [0.25, 0.3) is 0 Å². The van der Waals surface area contributed by atoms with Crippen LogP contribution in [0.5, 0.6) is 0 Å². The summed E-state index contributed by atoms with van der Waals surface area (Å²) in [5.74, 6) is -4.68. The Morgan fingerprint density at radius 1 is 0.848 bits per heavy atom. The van der Waals surface area contributed by atoms with Crippen LogP contribution >= 0.6 is 0 Å². The number of carboxylic acid groups (broad SMARTS) is 2. The first-order chi connectivity index (χ1) is 15.4. The van der Waals surface area contributed by atoms with E-state index in [2.05, 4.69) is 16.0 Å². The first-order valence-electron chi connectivity index (χ1n) is 10.6. The molecule has 11 nitrogen and oxygen atoms in total. The minimum absolute atomic E-state index is 0.0230. The number of carbonyl (C=O) groups excluding carboxylic acids is 3. The Labute approximate surface area is 192 Å². The van der Waals surface area contributed by atoms with Gasteiger partial charge in [-0.05, 0) is 24.8 Å². The second-order valence-corrected chi connectivity index (χ2v) is 8.21. The molecule has 1 aromatic rings. The molecule has 182 valence electrons. The molecule has 3 amide bonds. The summed E-state index contributed by atoms with van der Waals surface area (Å²) >= 11 is 0. The van der Waals surface area contributed by atoms with Crippen LogP contribution in [0.4, 0.5) is 0 Å². The van der Waals surface area contributed by atoms with Crippen molar-refractivity contribution in [3.63, 3.8) is 0 Å². The SMILES string of the molecule is CC(C)CC(NC(=O)C(N)CC(=O)O)C(=O)NC(Cc1ccccc1)C(=O)NC(C)C(=O)O. The molecular weight excluding hydrogens is 432 g/mol. The molecule has 4 unspecified atom stereocenters. The van der Waals surface area contributed by atoms with Crippen molar-refractivity contribution in [1.29, 1.82) is 0 Å². The van der Waals surface area contributed by atoms with E-state index in [-0.39, 0.29) is 18.8 Å². The van der Waals surface area contributed by atoms with Crippen molar-refractivity contribution in [3.8, 4) is 0 Å². The molecule has 0 saturated heterocycles. The normalized spacial score (nSPS) is 14.5. The summed E-state index contributed by atoms with van der Waals surface area (Å²) in [5.41, 5.74) is 6.32. The van der Waals surface area contributed by atoms with Crippen LogP contribution in [0.25, 0.3) is 0 Å². The second kappa shape index (κ2) is 13.2. The average molecular weight is 465 g/mol. The monoisotopic (exact) mass is 464 g/mol. The number of rotatable bonds is 13. The van der Waals surface area contributed by atoms with E-state index in [9.17, 15) is 24.0 Å². The Morgan fingerprint density at radius 2 is 1.39 bits per heavy atom. The fourth-order valence-electron chi connectivity index (χ4n) is 2.97. The van der Waals surface area contributed by atoms with Gasteiger partial charge in [0.15, 0.2) is 0 Å². The van der Waals surface area contributed by atoms with Crippen LogP contribution in [0, 0.1) is 5.92 Å². The summed E-state index contributed by atoms with van der Waals surface area (Å²) in [7, 11) is 0. The highest BCUT2D eigenvalue weighted by Gasteiger charge is 2.30. The fraction of sp³-hybridized carbons (Fsp3) is 0.500. The smallest absolute Gasteiger partial charge is 0.325 e. The maximum Gasteiger partial charge on any atom is 0.325 e. The number of nitrogens with one attached hydrogen (secondary N) is 3. The van der Waals surface area contributed by atoms with E-state index in [0.717, 1.165) is 5.56 Å². The highest BCUT2D eigenvalue weighted by atomic mass is 16.4. The summed E-state index contributed by atoms with van der Waals surface area (Å²) in [6.07, 6.45) is -0.303. The molecule has 0 fully saturated rings. The Kier molecular flexibility index (Phi) is 11.0. The van der Waals surface area contributed by atoms with Crippen LogP contribution in [-0.4, -0.2) is 64.0 Å². The van der Waals surface area contributed by atoms with Gasteiger partial charge in [-0.15, -0.1) is 0 Å². The summed E-state index contributed by atoms with van der Waals surface area (Å²) in [4.78, 5) is 60.0. The van der Waals surface area contributed by atoms with Gasteiger partial charge in [0, 0.05) is 6.42 Å². The summed E-state index contributed by atoms with van der Waals surface area (Å²) in [6, 6.07) is 4.13. The van der Waals surface area contributed by atoms with Gasteiger partial charge in [-0.3, -0.25) is 24.0 Å². The highest BCUT2D eigenvalue weighted by molar-refractivity contribution is 5.94. The minimum Gasteiger partial charge on any atom is -0.481 e. The zero-order chi connectivity index (χ0) is 25.1. The molecule has 0 radical (unpaired) electrons. The lowest BCUT2D eigenvalue weighted by atomic mass is 10.0. The number of hydrogen-bond acceptors (Lipinski definition) is 6. The standard InChI is InChI=1S/C22H32N4O7/c1-12(2)9-16(25-19(29)15(23)11-18(27)28)21(31)26-17(10-14-7-5-4-6-8-14)20(30)24-13(3)22(32)33/h4-8,12-13,15-17H,9-11,23H2,1-3H3,(H,24,30)(H,25,29)(H,26,31)(H,27,28)(H,32,33). The summed E-state index contributed by atoms with van der Waals surface area (Å²) in [6.45, 7) is 4.95. The molecule has 1 rings (SSSR count). The molecule has 0 bridgehead atoms. The second-order valence-electron chi connectivity index (χ2n) is 8.21. The number of carbonyl (C=O) groups is 5. The van der Waals surface area contributed by atoms with E-state index in [0.29, 0.717) is 0 Å². The molecular formula is C22H32N4O7. The van der Waals surface area contributed by atoms with E-state index in [1.165, 1.54) is 6.92 Å². The van der Waals surface area contributed by atoms with E-state index in [1.54, 1.807) is 30.3 Å². The number of aliphatic carboxylic acids is 2. The number of amides is 3. The van der Waals surface area contributed by atoms with Gasteiger partial charge >= 0.3 is 11.9 Å².